The Morgan fingerprint density at radius 2 is 1.61 bits per heavy atom. The molecule has 3 N–H and O–H groups in total. The van der Waals surface area contributed by atoms with E-state index in [0.29, 0.717) is 36.4 Å². The van der Waals surface area contributed by atoms with Crippen LogP contribution in [-0.4, -0.2) is 56.1 Å². The van der Waals surface area contributed by atoms with Gasteiger partial charge in [0.05, 0.1) is 34.7 Å². The van der Waals surface area contributed by atoms with Gasteiger partial charge in [0, 0.05) is 34.9 Å². The molecule has 0 radical (unpaired) electrons. The standard InChI is InChI=1S/C54H53FN6O5S/c1-34(38-15-11-37(33-56)12-16-38)57-52(64)46-8-6-29-61(46)53(65)51(54(2,3)4)58-48(63)31-36-9-17-39(18-10-36)45-27-30-60(59-45)28-5-7-35-13-24-43(25-14-35)66-49-44-26-23-42(62)32-47(44)67-50(49)40-19-21-41(55)22-20-40/h9-27,30,32,34,46,51,62H,5-8,28-29,31H2,1-4H3,(H,57,64)(H,58,63)/t34-,46-,51+/m0/s1. The van der Waals surface area contributed by atoms with Crippen LogP contribution in [0.5, 0.6) is 17.2 Å². The molecule has 67 heavy (non-hydrogen) atoms. The number of likely N-dealkylation sites (tertiary alicyclic amines) is 1. The number of fused-ring (bicyclic) bond motifs is 1. The maximum Gasteiger partial charge on any atom is 0.246 e. The lowest BCUT2D eigenvalue weighted by atomic mass is 9.85. The topological polar surface area (TPSA) is 150 Å². The number of aromatic nitrogens is 2. The van der Waals surface area contributed by atoms with Gasteiger partial charge in [0.2, 0.25) is 17.7 Å². The maximum absolute atomic E-state index is 14.1. The highest BCUT2D eigenvalue weighted by Crippen LogP contribution is 2.47. The number of nitriles is 1. The van der Waals surface area contributed by atoms with E-state index < -0.39 is 17.5 Å². The number of hydrogen-bond acceptors (Lipinski definition) is 8. The van der Waals surface area contributed by atoms with Crippen molar-refractivity contribution in [2.75, 3.05) is 6.54 Å². The second-order valence-corrected chi connectivity index (χ2v) is 19.2. The molecule has 3 atom stereocenters. The number of nitrogens with one attached hydrogen (secondary N) is 2. The Kier molecular flexibility index (Phi) is 13.8. The molecular formula is C54H53FN6O5S. The van der Waals surface area contributed by atoms with Gasteiger partial charge in [-0.1, -0.05) is 81.4 Å². The minimum absolute atomic E-state index is 0.0843. The lowest BCUT2D eigenvalue weighted by molar-refractivity contribution is -0.144. The van der Waals surface area contributed by atoms with Crippen molar-refractivity contribution in [2.24, 2.45) is 5.41 Å². The van der Waals surface area contributed by atoms with E-state index in [9.17, 15) is 23.9 Å². The number of nitrogens with zero attached hydrogens (tertiary/aromatic N) is 4. The van der Waals surface area contributed by atoms with Crippen LogP contribution in [0.25, 0.3) is 31.8 Å². The van der Waals surface area contributed by atoms with Gasteiger partial charge in [0.25, 0.3) is 0 Å². The summed E-state index contributed by atoms with van der Waals surface area (Å²) < 4.78 is 23.0. The summed E-state index contributed by atoms with van der Waals surface area (Å²) in [5.74, 6) is 0.401. The van der Waals surface area contributed by atoms with E-state index in [1.807, 2.05) is 99.2 Å². The number of rotatable bonds is 15. The maximum atomic E-state index is 14.1. The zero-order valence-corrected chi connectivity index (χ0v) is 38.8. The normalized spacial score (nSPS) is 14.6. The number of aromatic hydroxyl groups is 1. The van der Waals surface area contributed by atoms with Crippen LogP contribution in [0.2, 0.25) is 0 Å². The van der Waals surface area contributed by atoms with Crippen LogP contribution in [0.15, 0.2) is 128 Å². The molecule has 3 amide bonds. The Morgan fingerprint density at radius 3 is 2.31 bits per heavy atom. The minimum Gasteiger partial charge on any atom is -0.508 e. The monoisotopic (exact) mass is 916 g/mol. The van der Waals surface area contributed by atoms with Crippen molar-refractivity contribution in [3.63, 3.8) is 0 Å². The summed E-state index contributed by atoms with van der Waals surface area (Å²) in [5, 5.41) is 30.9. The van der Waals surface area contributed by atoms with Crippen molar-refractivity contribution in [1.82, 2.24) is 25.3 Å². The van der Waals surface area contributed by atoms with Gasteiger partial charge in [-0.15, -0.1) is 11.3 Å². The van der Waals surface area contributed by atoms with E-state index in [1.54, 1.807) is 41.3 Å². The molecule has 1 fully saturated rings. The van der Waals surface area contributed by atoms with E-state index in [-0.39, 0.29) is 41.8 Å². The molecule has 0 aliphatic carbocycles. The summed E-state index contributed by atoms with van der Waals surface area (Å²) in [4.78, 5) is 43.5. The van der Waals surface area contributed by atoms with Crippen LogP contribution in [0.1, 0.15) is 75.3 Å². The van der Waals surface area contributed by atoms with Crippen molar-refractivity contribution in [1.29, 1.82) is 5.26 Å². The predicted molar refractivity (Wildman–Crippen MR) is 259 cm³/mol. The number of amides is 3. The van der Waals surface area contributed by atoms with E-state index >= 15 is 0 Å². The van der Waals surface area contributed by atoms with Crippen LogP contribution in [-0.2, 0) is 33.8 Å². The summed E-state index contributed by atoms with van der Waals surface area (Å²) in [6.45, 7) is 8.75. The second-order valence-electron chi connectivity index (χ2n) is 18.2. The van der Waals surface area contributed by atoms with E-state index in [2.05, 4.69) is 28.8 Å². The Hall–Kier alpha value is -7.30. The first-order valence-electron chi connectivity index (χ1n) is 22.5. The number of carbonyl (C=O) groups is 3. The summed E-state index contributed by atoms with van der Waals surface area (Å²) in [6, 6.07) is 36.5. The minimum atomic E-state index is -0.834. The summed E-state index contributed by atoms with van der Waals surface area (Å²) in [7, 11) is 0. The SMILES string of the molecule is C[C@H](NC(=O)[C@@H]1CCCN1C(=O)[C@@H](NC(=O)Cc1ccc(-c2ccn(CCCc3ccc(Oc4c(-c5ccc(F)cc5)sc5cc(O)ccc45)cc3)n2)cc1)C(C)(C)C)c1ccc(C#N)cc1. The average molecular weight is 917 g/mol. The quantitative estimate of drug-likeness (QED) is 0.0927. The van der Waals surface area contributed by atoms with Gasteiger partial charge in [-0.25, -0.2) is 4.39 Å². The fraction of sp³-hybridized carbons (Fsp3) is 0.278. The van der Waals surface area contributed by atoms with Crippen molar-refractivity contribution in [2.45, 2.75) is 84.5 Å². The molecule has 1 saturated heterocycles. The third-order valence-electron chi connectivity index (χ3n) is 12.1. The lowest BCUT2D eigenvalue weighted by Gasteiger charge is -2.35. The Labute approximate surface area is 393 Å². The molecule has 2 aromatic heterocycles. The molecule has 0 spiro atoms. The van der Waals surface area contributed by atoms with Crippen LogP contribution in [0, 0.1) is 22.6 Å². The highest BCUT2D eigenvalue weighted by Gasteiger charge is 2.42. The molecule has 3 heterocycles. The predicted octanol–water partition coefficient (Wildman–Crippen LogP) is 10.5. The van der Waals surface area contributed by atoms with Gasteiger partial charge in [-0.3, -0.25) is 19.1 Å². The molecule has 11 nitrogen and oxygen atoms in total. The first-order chi connectivity index (χ1) is 32.2. The number of phenols is 1. The number of carbonyl (C=O) groups excluding carboxylic acids is 3. The first-order valence-corrected chi connectivity index (χ1v) is 23.4. The highest BCUT2D eigenvalue weighted by molar-refractivity contribution is 7.22. The molecule has 0 bridgehead atoms. The molecule has 1 aliphatic rings. The van der Waals surface area contributed by atoms with Crippen molar-refractivity contribution < 1.29 is 28.6 Å². The summed E-state index contributed by atoms with van der Waals surface area (Å²) in [5.41, 5.74) is 5.32. The first kappa shape index (κ1) is 46.2. The number of thiophene rings is 1. The smallest absolute Gasteiger partial charge is 0.246 e. The number of hydrogen-bond donors (Lipinski definition) is 3. The molecule has 13 heteroatoms. The van der Waals surface area contributed by atoms with Gasteiger partial charge in [-0.2, -0.15) is 10.4 Å². The molecule has 342 valence electrons. The third kappa shape index (κ3) is 11.0. The van der Waals surface area contributed by atoms with Crippen LogP contribution in [0.3, 0.4) is 0 Å². The number of ether oxygens (including phenoxy) is 1. The van der Waals surface area contributed by atoms with Gasteiger partial charge in [0.15, 0.2) is 5.75 Å². The molecule has 1 aliphatic heterocycles. The Bertz CT molecular complexity index is 2920. The molecule has 5 aromatic carbocycles. The lowest BCUT2D eigenvalue weighted by Crippen LogP contribution is -2.58. The van der Waals surface area contributed by atoms with Crippen molar-refractivity contribution in [3.05, 3.63) is 156 Å². The Morgan fingerprint density at radius 1 is 0.910 bits per heavy atom. The largest absolute Gasteiger partial charge is 0.508 e. The zero-order valence-electron chi connectivity index (χ0n) is 38.0. The van der Waals surface area contributed by atoms with Crippen molar-refractivity contribution in [3.8, 4) is 45.0 Å². The molecule has 7 aromatic rings. The summed E-state index contributed by atoms with van der Waals surface area (Å²) in [6.07, 6.45) is 4.97. The van der Waals surface area contributed by atoms with Crippen LogP contribution >= 0.6 is 11.3 Å². The average Bonchev–Trinajstić information content (AvgIpc) is 4.09. The molecule has 0 saturated carbocycles. The van der Waals surface area contributed by atoms with Crippen LogP contribution in [0.4, 0.5) is 4.39 Å². The van der Waals surface area contributed by atoms with Gasteiger partial charge in [0.1, 0.15) is 29.4 Å². The van der Waals surface area contributed by atoms with Gasteiger partial charge >= 0.3 is 0 Å². The molecule has 8 rings (SSSR count). The fourth-order valence-corrected chi connectivity index (χ4v) is 9.60. The van der Waals surface area contributed by atoms with Crippen molar-refractivity contribution >= 4 is 39.1 Å². The Balaban J connectivity index is 0.824. The van der Waals surface area contributed by atoms with E-state index in [0.717, 1.165) is 67.9 Å². The number of halogens is 1. The van der Waals surface area contributed by atoms with E-state index in [1.165, 1.54) is 23.5 Å². The number of aryl methyl sites for hydroxylation is 2. The van der Waals surface area contributed by atoms with E-state index in [4.69, 9.17) is 15.1 Å². The fourth-order valence-electron chi connectivity index (χ4n) is 8.43. The van der Waals surface area contributed by atoms with Gasteiger partial charge in [-0.05, 0) is 121 Å². The third-order valence-corrected chi connectivity index (χ3v) is 13.3. The number of phenolic OH excluding ortho intramolecular Hbond substituents is 1. The zero-order chi connectivity index (χ0) is 47.2. The second kappa shape index (κ2) is 20.1. The highest BCUT2D eigenvalue weighted by atomic mass is 32.1. The molecule has 0 unspecified atom stereocenters. The van der Waals surface area contributed by atoms with Crippen LogP contribution < -0.4 is 15.4 Å². The molecular weight excluding hydrogens is 864 g/mol. The summed E-state index contributed by atoms with van der Waals surface area (Å²) >= 11 is 1.48. The van der Waals surface area contributed by atoms with Gasteiger partial charge < -0.3 is 25.4 Å². The number of benzene rings is 5.